The highest BCUT2D eigenvalue weighted by molar-refractivity contribution is 6.30. The molecule has 0 fully saturated rings. The number of ether oxygens (including phenoxy) is 2. The molecule has 128 valence electrons. The minimum Gasteiger partial charge on any atom is -0.464 e. The van der Waals surface area contributed by atoms with E-state index in [1.807, 2.05) is 48.5 Å². The highest BCUT2D eigenvalue weighted by Gasteiger charge is 2.26. The number of hydrogen-bond donors (Lipinski definition) is 1. The van der Waals surface area contributed by atoms with Gasteiger partial charge in [0.1, 0.15) is 0 Å². The van der Waals surface area contributed by atoms with E-state index in [1.165, 1.54) is 7.11 Å². The zero-order chi connectivity index (χ0) is 17.5. The van der Waals surface area contributed by atoms with E-state index in [9.17, 15) is 4.79 Å². The molecular formula is C19H22ClNO3. The number of nitrogens with two attached hydrogens (primary N) is 1. The maximum absolute atomic E-state index is 11.8. The van der Waals surface area contributed by atoms with Crippen LogP contribution >= 0.6 is 11.6 Å². The van der Waals surface area contributed by atoms with E-state index < -0.39 is 18.1 Å². The highest BCUT2D eigenvalue weighted by Crippen LogP contribution is 2.23. The van der Waals surface area contributed by atoms with Gasteiger partial charge < -0.3 is 15.2 Å². The summed E-state index contributed by atoms with van der Waals surface area (Å²) in [5, 5.41) is 0.705. The Hall–Kier alpha value is -1.88. The standard InChI is InChI=1S/C19H22ClNO3/c1-3-24-19(22)18(23-2)17(21)11-13-7-9-14(10-8-13)15-5-4-6-16(20)12-15/h4-10,12,17-18H,3,11,21H2,1-2H3/t17-,18-/m1/s1. The van der Waals surface area contributed by atoms with Crippen molar-refractivity contribution in [1.82, 2.24) is 0 Å². The van der Waals surface area contributed by atoms with Crippen LogP contribution in [0.5, 0.6) is 0 Å². The largest absolute Gasteiger partial charge is 0.464 e. The minimum atomic E-state index is -0.766. The van der Waals surface area contributed by atoms with Crippen LogP contribution in [-0.4, -0.2) is 31.8 Å². The molecule has 0 unspecified atom stereocenters. The molecule has 2 atom stereocenters. The average molecular weight is 348 g/mol. The Labute approximate surface area is 147 Å². The summed E-state index contributed by atoms with van der Waals surface area (Å²) in [6.07, 6.45) is -0.245. The SMILES string of the molecule is CCOC(=O)[C@H](OC)[C@H](N)Cc1ccc(-c2cccc(Cl)c2)cc1. The van der Waals surface area contributed by atoms with Crippen molar-refractivity contribution >= 4 is 17.6 Å². The van der Waals surface area contributed by atoms with Crippen molar-refractivity contribution in [3.05, 3.63) is 59.1 Å². The molecule has 0 heterocycles. The zero-order valence-electron chi connectivity index (χ0n) is 13.9. The van der Waals surface area contributed by atoms with Crippen LogP contribution < -0.4 is 5.73 Å². The molecule has 0 amide bonds. The molecule has 0 saturated heterocycles. The van der Waals surface area contributed by atoms with Crippen molar-refractivity contribution in [3.63, 3.8) is 0 Å². The van der Waals surface area contributed by atoms with E-state index in [2.05, 4.69) is 0 Å². The third kappa shape index (κ3) is 4.81. The lowest BCUT2D eigenvalue weighted by molar-refractivity contribution is -0.156. The van der Waals surface area contributed by atoms with Crippen LogP contribution in [0.25, 0.3) is 11.1 Å². The van der Waals surface area contributed by atoms with E-state index in [0.29, 0.717) is 18.1 Å². The predicted octanol–water partition coefficient (Wildman–Crippen LogP) is 3.45. The maximum atomic E-state index is 11.8. The summed E-state index contributed by atoms with van der Waals surface area (Å²) < 4.78 is 10.2. The number of carbonyl (C=O) groups excluding carboxylic acids is 1. The number of benzene rings is 2. The normalized spacial score (nSPS) is 13.3. The third-order valence-electron chi connectivity index (χ3n) is 3.74. The first-order valence-corrected chi connectivity index (χ1v) is 8.22. The predicted molar refractivity (Wildman–Crippen MR) is 96.0 cm³/mol. The van der Waals surface area contributed by atoms with E-state index in [-0.39, 0.29) is 0 Å². The van der Waals surface area contributed by atoms with Crippen LogP contribution in [0.2, 0.25) is 5.02 Å². The first-order chi connectivity index (χ1) is 11.5. The van der Waals surface area contributed by atoms with Gasteiger partial charge in [0.25, 0.3) is 0 Å². The summed E-state index contributed by atoms with van der Waals surface area (Å²) in [4.78, 5) is 11.8. The number of esters is 1. The van der Waals surface area contributed by atoms with Crippen molar-refractivity contribution in [2.24, 2.45) is 5.73 Å². The topological polar surface area (TPSA) is 61.5 Å². The fraction of sp³-hybridized carbons (Fsp3) is 0.316. The molecule has 0 spiro atoms. The molecule has 2 rings (SSSR count). The van der Waals surface area contributed by atoms with Crippen LogP contribution in [0.1, 0.15) is 12.5 Å². The van der Waals surface area contributed by atoms with Gasteiger partial charge >= 0.3 is 5.97 Å². The lowest BCUT2D eigenvalue weighted by Crippen LogP contribution is -2.44. The zero-order valence-corrected chi connectivity index (χ0v) is 14.6. The summed E-state index contributed by atoms with van der Waals surface area (Å²) in [5.74, 6) is -0.428. The van der Waals surface area contributed by atoms with Gasteiger partial charge in [-0.1, -0.05) is 48.0 Å². The van der Waals surface area contributed by atoms with Gasteiger partial charge in [-0.05, 0) is 42.2 Å². The van der Waals surface area contributed by atoms with Crippen molar-refractivity contribution < 1.29 is 14.3 Å². The molecule has 0 aliphatic heterocycles. The molecule has 0 aromatic heterocycles. The van der Waals surface area contributed by atoms with Gasteiger partial charge in [0.2, 0.25) is 0 Å². The summed E-state index contributed by atoms with van der Waals surface area (Å²) >= 11 is 6.03. The van der Waals surface area contributed by atoms with Gasteiger partial charge in [-0.25, -0.2) is 4.79 Å². The molecule has 5 heteroatoms. The monoisotopic (exact) mass is 347 g/mol. The number of halogens is 1. The van der Waals surface area contributed by atoms with Crippen LogP contribution in [0.15, 0.2) is 48.5 Å². The van der Waals surface area contributed by atoms with Crippen LogP contribution in [-0.2, 0) is 20.7 Å². The molecule has 24 heavy (non-hydrogen) atoms. The van der Waals surface area contributed by atoms with Gasteiger partial charge in [-0.2, -0.15) is 0 Å². The second-order valence-electron chi connectivity index (χ2n) is 5.48. The van der Waals surface area contributed by atoms with E-state index in [0.717, 1.165) is 16.7 Å². The summed E-state index contributed by atoms with van der Waals surface area (Å²) in [5.41, 5.74) is 9.27. The maximum Gasteiger partial charge on any atom is 0.336 e. The molecule has 2 aromatic carbocycles. The first-order valence-electron chi connectivity index (χ1n) is 7.85. The van der Waals surface area contributed by atoms with Crippen molar-refractivity contribution in [2.75, 3.05) is 13.7 Å². The summed E-state index contributed by atoms with van der Waals surface area (Å²) in [6.45, 7) is 2.06. The fourth-order valence-corrected chi connectivity index (χ4v) is 2.74. The van der Waals surface area contributed by atoms with Crippen LogP contribution in [0.4, 0.5) is 0 Å². The van der Waals surface area contributed by atoms with Gasteiger partial charge in [-0.3, -0.25) is 0 Å². The van der Waals surface area contributed by atoms with Crippen LogP contribution in [0, 0.1) is 0 Å². The molecule has 0 aliphatic carbocycles. The number of methoxy groups -OCH3 is 1. The highest BCUT2D eigenvalue weighted by atomic mass is 35.5. The Morgan fingerprint density at radius 3 is 2.46 bits per heavy atom. The smallest absolute Gasteiger partial charge is 0.336 e. The lowest BCUT2D eigenvalue weighted by atomic mass is 9.99. The fourth-order valence-electron chi connectivity index (χ4n) is 2.55. The Morgan fingerprint density at radius 2 is 1.88 bits per heavy atom. The van der Waals surface area contributed by atoms with Crippen LogP contribution in [0.3, 0.4) is 0 Å². The summed E-state index contributed by atoms with van der Waals surface area (Å²) in [6, 6.07) is 15.2. The Morgan fingerprint density at radius 1 is 1.17 bits per heavy atom. The lowest BCUT2D eigenvalue weighted by Gasteiger charge is -2.21. The molecule has 4 nitrogen and oxygen atoms in total. The van der Waals surface area contributed by atoms with Crippen molar-refractivity contribution in [1.29, 1.82) is 0 Å². The number of carbonyl (C=O) groups is 1. The van der Waals surface area contributed by atoms with Crippen molar-refractivity contribution in [2.45, 2.75) is 25.5 Å². The number of rotatable bonds is 7. The Kier molecular flexibility index (Phi) is 6.79. The summed E-state index contributed by atoms with van der Waals surface area (Å²) in [7, 11) is 1.46. The molecule has 0 bridgehead atoms. The van der Waals surface area contributed by atoms with Gasteiger partial charge in [0.05, 0.1) is 6.61 Å². The molecular weight excluding hydrogens is 326 g/mol. The van der Waals surface area contributed by atoms with Gasteiger partial charge in [-0.15, -0.1) is 0 Å². The quantitative estimate of drug-likeness (QED) is 0.779. The molecule has 0 radical (unpaired) electrons. The molecule has 0 aliphatic rings. The molecule has 2 aromatic rings. The Bertz CT molecular complexity index is 673. The number of hydrogen-bond acceptors (Lipinski definition) is 4. The third-order valence-corrected chi connectivity index (χ3v) is 3.98. The van der Waals surface area contributed by atoms with E-state index in [1.54, 1.807) is 6.92 Å². The van der Waals surface area contributed by atoms with E-state index >= 15 is 0 Å². The van der Waals surface area contributed by atoms with E-state index in [4.69, 9.17) is 26.8 Å². The molecule has 2 N–H and O–H groups in total. The van der Waals surface area contributed by atoms with Gasteiger partial charge in [0, 0.05) is 18.2 Å². The van der Waals surface area contributed by atoms with Gasteiger partial charge in [0.15, 0.2) is 6.10 Å². The minimum absolute atomic E-state index is 0.305. The second-order valence-corrected chi connectivity index (χ2v) is 5.92. The first kappa shape index (κ1) is 18.5. The second kappa shape index (κ2) is 8.83. The van der Waals surface area contributed by atoms with Crippen molar-refractivity contribution in [3.8, 4) is 11.1 Å². The average Bonchev–Trinajstić information content (AvgIpc) is 2.56. The Balaban J connectivity index is 2.06. The molecule has 0 saturated carbocycles.